The first kappa shape index (κ1) is 14.0. The Morgan fingerprint density at radius 2 is 2.05 bits per heavy atom. The number of imidazole rings is 1. The second kappa shape index (κ2) is 5.10. The Balaban J connectivity index is 2.23. The predicted molar refractivity (Wildman–Crippen MR) is 85.8 cm³/mol. The number of aromatic nitrogens is 2. The number of carbonyl (C=O) groups is 1. The molecule has 0 fully saturated rings. The minimum absolute atomic E-state index is 0.195. The Labute approximate surface area is 133 Å². The Hall–Kier alpha value is -1.96. The monoisotopic (exact) mass is 396 g/mol. The lowest BCUT2D eigenvalue weighted by Crippen LogP contribution is -1.96. The maximum atomic E-state index is 13.2. The van der Waals surface area contributed by atoms with Crippen molar-refractivity contribution in [3.8, 4) is 11.4 Å². The van der Waals surface area contributed by atoms with E-state index in [1.165, 1.54) is 18.2 Å². The number of aromatic carboxylic acids is 1. The Kier molecular flexibility index (Phi) is 3.40. The van der Waals surface area contributed by atoms with Gasteiger partial charge >= 0.3 is 5.97 Å². The van der Waals surface area contributed by atoms with Crippen LogP contribution in [0.2, 0.25) is 0 Å². The van der Waals surface area contributed by atoms with Gasteiger partial charge in [0.05, 0.1) is 16.6 Å². The summed E-state index contributed by atoms with van der Waals surface area (Å²) in [6, 6.07) is 9.32. The van der Waals surface area contributed by atoms with Gasteiger partial charge in [0, 0.05) is 16.2 Å². The molecule has 106 valence electrons. The minimum Gasteiger partial charge on any atom is -0.478 e. The Bertz CT molecular complexity index is 873. The molecule has 2 aromatic carbocycles. The third-order valence-electron chi connectivity index (χ3n) is 3.30. The van der Waals surface area contributed by atoms with Crippen molar-refractivity contribution in [3.05, 3.63) is 51.3 Å². The molecule has 3 aromatic rings. The maximum Gasteiger partial charge on any atom is 0.335 e. The number of hydrogen-bond donors (Lipinski definition) is 1. The van der Waals surface area contributed by atoms with Crippen molar-refractivity contribution < 1.29 is 14.3 Å². The highest BCUT2D eigenvalue weighted by atomic mass is 127. The number of aryl methyl sites for hydroxylation is 1. The quantitative estimate of drug-likeness (QED) is 0.673. The van der Waals surface area contributed by atoms with Crippen LogP contribution in [0.4, 0.5) is 4.39 Å². The van der Waals surface area contributed by atoms with Crippen molar-refractivity contribution in [1.29, 1.82) is 0 Å². The molecule has 0 bridgehead atoms. The van der Waals surface area contributed by atoms with Crippen LogP contribution in [0.5, 0.6) is 0 Å². The number of fused-ring (bicyclic) bond motifs is 1. The van der Waals surface area contributed by atoms with Crippen LogP contribution in [0.25, 0.3) is 22.4 Å². The highest BCUT2D eigenvalue weighted by Crippen LogP contribution is 2.28. The van der Waals surface area contributed by atoms with Crippen molar-refractivity contribution in [1.82, 2.24) is 9.55 Å². The summed E-state index contributed by atoms with van der Waals surface area (Å²) in [7, 11) is 1.85. The zero-order valence-corrected chi connectivity index (χ0v) is 13.1. The molecule has 1 N–H and O–H groups in total. The van der Waals surface area contributed by atoms with Crippen molar-refractivity contribution in [2.75, 3.05) is 0 Å². The van der Waals surface area contributed by atoms with Crippen molar-refractivity contribution in [3.63, 3.8) is 0 Å². The van der Waals surface area contributed by atoms with Gasteiger partial charge in [0.25, 0.3) is 0 Å². The smallest absolute Gasteiger partial charge is 0.335 e. The molecule has 4 nitrogen and oxygen atoms in total. The van der Waals surface area contributed by atoms with E-state index in [4.69, 9.17) is 5.11 Å². The molecule has 0 amide bonds. The largest absolute Gasteiger partial charge is 0.478 e. The summed E-state index contributed by atoms with van der Waals surface area (Å²) in [6.07, 6.45) is 0. The molecule has 0 atom stereocenters. The third-order valence-corrected chi connectivity index (χ3v) is 4.19. The Morgan fingerprint density at radius 3 is 2.71 bits per heavy atom. The van der Waals surface area contributed by atoms with E-state index in [1.54, 1.807) is 18.2 Å². The molecular formula is C15H10FIN2O2. The van der Waals surface area contributed by atoms with E-state index in [2.05, 4.69) is 27.6 Å². The molecule has 6 heteroatoms. The standard InChI is InChI=1S/C15H10FIN2O2/c1-19-13-5-2-8(15(20)21)6-12(13)18-14(19)10-4-3-9(16)7-11(10)17/h2-7H,1H3,(H,20,21). The fourth-order valence-electron chi connectivity index (χ4n) is 2.24. The average Bonchev–Trinajstić information content (AvgIpc) is 2.75. The summed E-state index contributed by atoms with van der Waals surface area (Å²) in [5.41, 5.74) is 2.44. The first-order valence-electron chi connectivity index (χ1n) is 6.12. The fourth-order valence-corrected chi connectivity index (χ4v) is 2.96. The molecule has 0 radical (unpaired) electrons. The number of hydrogen-bond acceptors (Lipinski definition) is 2. The highest BCUT2D eigenvalue weighted by Gasteiger charge is 2.14. The van der Waals surface area contributed by atoms with Gasteiger partial charge in [-0.05, 0) is 59.0 Å². The van der Waals surface area contributed by atoms with Gasteiger partial charge in [0.15, 0.2) is 0 Å². The van der Waals surface area contributed by atoms with Crippen LogP contribution < -0.4 is 0 Å². The SMILES string of the molecule is Cn1c(-c2ccc(F)cc2I)nc2cc(C(=O)O)ccc21. The van der Waals surface area contributed by atoms with E-state index in [-0.39, 0.29) is 11.4 Å². The number of carboxylic acid groups (broad SMARTS) is 1. The van der Waals surface area contributed by atoms with Crippen LogP contribution in [0.1, 0.15) is 10.4 Å². The van der Waals surface area contributed by atoms with Gasteiger partial charge in [-0.3, -0.25) is 0 Å². The second-order valence-corrected chi connectivity index (χ2v) is 5.79. The lowest BCUT2D eigenvalue weighted by atomic mass is 10.2. The zero-order valence-electron chi connectivity index (χ0n) is 11.0. The van der Waals surface area contributed by atoms with Crippen LogP contribution in [-0.2, 0) is 7.05 Å². The Morgan fingerprint density at radius 1 is 1.29 bits per heavy atom. The van der Waals surface area contributed by atoms with Crippen LogP contribution in [0, 0.1) is 9.39 Å². The number of nitrogens with zero attached hydrogens (tertiary/aromatic N) is 2. The summed E-state index contributed by atoms with van der Waals surface area (Å²) in [6.45, 7) is 0. The van der Waals surface area contributed by atoms with E-state index < -0.39 is 5.97 Å². The van der Waals surface area contributed by atoms with Gasteiger partial charge in [-0.15, -0.1) is 0 Å². The van der Waals surface area contributed by atoms with E-state index in [9.17, 15) is 9.18 Å². The van der Waals surface area contributed by atoms with Gasteiger partial charge in [0.2, 0.25) is 0 Å². The molecule has 1 aromatic heterocycles. The van der Waals surface area contributed by atoms with Crippen molar-refractivity contribution >= 4 is 39.6 Å². The first-order valence-corrected chi connectivity index (χ1v) is 7.20. The molecule has 3 rings (SSSR count). The highest BCUT2D eigenvalue weighted by molar-refractivity contribution is 14.1. The molecule has 0 aliphatic rings. The summed E-state index contributed by atoms with van der Waals surface area (Å²) in [4.78, 5) is 15.5. The molecule has 0 spiro atoms. The van der Waals surface area contributed by atoms with E-state index in [1.807, 2.05) is 11.6 Å². The minimum atomic E-state index is -0.986. The van der Waals surface area contributed by atoms with E-state index >= 15 is 0 Å². The van der Waals surface area contributed by atoms with Crippen LogP contribution in [0.15, 0.2) is 36.4 Å². The molecule has 0 saturated heterocycles. The van der Waals surface area contributed by atoms with Crippen LogP contribution in [0.3, 0.4) is 0 Å². The van der Waals surface area contributed by atoms with Crippen molar-refractivity contribution in [2.45, 2.75) is 0 Å². The number of rotatable bonds is 2. The summed E-state index contributed by atoms with van der Waals surface area (Å²) in [5.74, 6) is -0.604. The molecular weight excluding hydrogens is 386 g/mol. The molecule has 1 heterocycles. The topological polar surface area (TPSA) is 55.1 Å². The lowest BCUT2D eigenvalue weighted by Gasteiger charge is -2.05. The number of benzene rings is 2. The summed E-state index contributed by atoms with van der Waals surface area (Å²) >= 11 is 2.06. The summed E-state index contributed by atoms with van der Waals surface area (Å²) < 4.78 is 15.8. The van der Waals surface area contributed by atoms with E-state index in [0.717, 1.165) is 14.7 Å². The number of halogens is 2. The molecule has 0 aliphatic heterocycles. The molecule has 0 saturated carbocycles. The normalized spacial score (nSPS) is 11.0. The molecule has 21 heavy (non-hydrogen) atoms. The van der Waals surface area contributed by atoms with Gasteiger partial charge < -0.3 is 9.67 Å². The van der Waals surface area contributed by atoms with Crippen LogP contribution >= 0.6 is 22.6 Å². The number of carboxylic acids is 1. The first-order chi connectivity index (χ1) is 9.97. The zero-order chi connectivity index (χ0) is 15.1. The van der Waals surface area contributed by atoms with Gasteiger partial charge in [-0.25, -0.2) is 14.2 Å². The second-order valence-electron chi connectivity index (χ2n) is 4.63. The molecule has 0 aliphatic carbocycles. The predicted octanol–water partition coefficient (Wildman–Crippen LogP) is 3.68. The van der Waals surface area contributed by atoms with Gasteiger partial charge in [-0.1, -0.05) is 0 Å². The van der Waals surface area contributed by atoms with Crippen LogP contribution in [-0.4, -0.2) is 20.6 Å². The average molecular weight is 396 g/mol. The lowest BCUT2D eigenvalue weighted by molar-refractivity contribution is 0.0697. The third kappa shape index (κ3) is 2.39. The van der Waals surface area contributed by atoms with Gasteiger partial charge in [0.1, 0.15) is 11.6 Å². The van der Waals surface area contributed by atoms with Gasteiger partial charge in [-0.2, -0.15) is 0 Å². The fraction of sp³-hybridized carbons (Fsp3) is 0.0667. The summed E-state index contributed by atoms with van der Waals surface area (Å²) in [5, 5.41) is 9.03. The van der Waals surface area contributed by atoms with Crippen molar-refractivity contribution in [2.24, 2.45) is 7.05 Å². The maximum absolute atomic E-state index is 13.2. The molecule has 0 unspecified atom stereocenters. The van der Waals surface area contributed by atoms with E-state index in [0.29, 0.717) is 11.3 Å².